The number of pyridine rings is 1. The van der Waals surface area contributed by atoms with Crippen LogP contribution in [0.4, 0.5) is 5.69 Å². The lowest BCUT2D eigenvalue weighted by Gasteiger charge is -2.19. The zero-order valence-corrected chi connectivity index (χ0v) is 21.9. The number of carbonyl (C=O) groups excluding carboxylic acids is 1. The molecule has 0 atom stereocenters. The van der Waals surface area contributed by atoms with Crippen LogP contribution in [-0.2, 0) is 10.0 Å². The Balaban J connectivity index is 1.52. The quantitative estimate of drug-likeness (QED) is 0.283. The van der Waals surface area contributed by atoms with Gasteiger partial charge in [0, 0.05) is 16.4 Å². The van der Waals surface area contributed by atoms with Crippen LogP contribution in [0, 0.1) is 5.41 Å². The average molecular weight is 533 g/mol. The molecule has 0 spiro atoms. The molecule has 1 aromatic carbocycles. The van der Waals surface area contributed by atoms with Gasteiger partial charge in [0.15, 0.2) is 0 Å². The summed E-state index contributed by atoms with van der Waals surface area (Å²) in [6, 6.07) is 10.8. The van der Waals surface area contributed by atoms with Crippen molar-refractivity contribution in [2.24, 2.45) is 9.81 Å². The Morgan fingerprint density at radius 3 is 2.60 bits per heavy atom. The van der Waals surface area contributed by atoms with Gasteiger partial charge in [-0.15, -0.1) is 11.3 Å². The number of hydrogen-bond acceptors (Lipinski definition) is 9. The minimum atomic E-state index is -4.09. The van der Waals surface area contributed by atoms with Gasteiger partial charge in [-0.2, -0.15) is 4.72 Å². The SMILES string of the molecule is COc1ncc(NC(=O)c2csc(-c3ccccc3)n2)cc1S(=O)(=O)NC1=[SH]N=C(C(C)(C)C)N1. The van der Waals surface area contributed by atoms with E-state index >= 15 is 0 Å². The zero-order chi connectivity index (χ0) is 25.2. The molecule has 3 aromatic rings. The second kappa shape index (κ2) is 9.85. The number of hydrogen-bond donors (Lipinski definition) is 4. The number of amidine groups is 1. The van der Waals surface area contributed by atoms with E-state index in [9.17, 15) is 13.2 Å². The summed E-state index contributed by atoms with van der Waals surface area (Å²) in [7, 11) is -2.77. The van der Waals surface area contributed by atoms with E-state index in [-0.39, 0.29) is 27.6 Å². The molecule has 3 N–H and O–H groups in total. The van der Waals surface area contributed by atoms with Gasteiger partial charge in [0.05, 0.1) is 19.0 Å². The van der Waals surface area contributed by atoms with Crippen molar-refractivity contribution in [3.8, 4) is 16.5 Å². The fourth-order valence-electron chi connectivity index (χ4n) is 2.96. The minimum Gasteiger partial charge on any atom is -0.480 e. The summed E-state index contributed by atoms with van der Waals surface area (Å²) in [5.41, 5.74) is 1.03. The summed E-state index contributed by atoms with van der Waals surface area (Å²) >= 11 is 1.78. The first-order valence-corrected chi connectivity index (χ1v) is 13.6. The number of methoxy groups -OCH3 is 1. The van der Waals surface area contributed by atoms with Crippen LogP contribution in [0.3, 0.4) is 0 Å². The number of thiazole rings is 1. The molecular weight excluding hydrogens is 508 g/mol. The van der Waals surface area contributed by atoms with E-state index in [4.69, 9.17) is 4.74 Å². The van der Waals surface area contributed by atoms with E-state index in [0.29, 0.717) is 27.5 Å². The van der Waals surface area contributed by atoms with E-state index in [1.165, 1.54) is 30.7 Å². The van der Waals surface area contributed by atoms with Crippen molar-refractivity contribution in [3.63, 3.8) is 0 Å². The van der Waals surface area contributed by atoms with Crippen LogP contribution in [0.15, 0.2) is 57.3 Å². The number of nitrogens with zero attached hydrogens (tertiary/aromatic N) is 3. The number of benzene rings is 1. The maximum atomic E-state index is 13.1. The van der Waals surface area contributed by atoms with Gasteiger partial charge in [0.1, 0.15) is 26.5 Å². The lowest BCUT2D eigenvalue weighted by molar-refractivity contribution is 0.102. The van der Waals surface area contributed by atoms with Crippen molar-refractivity contribution in [2.75, 3.05) is 12.4 Å². The summed E-state index contributed by atoms with van der Waals surface area (Å²) in [6.07, 6.45) is 1.32. The molecule has 1 aliphatic rings. The summed E-state index contributed by atoms with van der Waals surface area (Å²) < 4.78 is 38.2. The number of anilines is 1. The van der Waals surface area contributed by atoms with Crippen LogP contribution in [-0.4, -0.2) is 42.4 Å². The third-order valence-corrected chi connectivity index (χ3v) is 7.86. The molecular formula is C22H24N6O4S3. The average Bonchev–Trinajstić information content (AvgIpc) is 3.49. The van der Waals surface area contributed by atoms with Gasteiger partial charge in [-0.25, -0.2) is 22.8 Å². The second-order valence-electron chi connectivity index (χ2n) is 8.47. The van der Waals surface area contributed by atoms with Gasteiger partial charge < -0.3 is 15.4 Å². The van der Waals surface area contributed by atoms with E-state index in [2.05, 4.69) is 29.7 Å². The molecule has 1 aliphatic heterocycles. The number of carbonyl (C=O) groups is 1. The smallest absolute Gasteiger partial charge is 0.275 e. The van der Waals surface area contributed by atoms with Crippen molar-refractivity contribution < 1.29 is 17.9 Å². The molecule has 35 heavy (non-hydrogen) atoms. The van der Waals surface area contributed by atoms with Crippen LogP contribution >= 0.6 is 22.9 Å². The monoisotopic (exact) mass is 532 g/mol. The fourth-order valence-corrected chi connectivity index (χ4v) is 6.06. The van der Waals surface area contributed by atoms with Crippen LogP contribution in [0.2, 0.25) is 0 Å². The molecule has 0 fully saturated rings. The molecule has 0 aliphatic carbocycles. The summed E-state index contributed by atoms with van der Waals surface area (Å²) in [5.74, 6) is 0.0733. The van der Waals surface area contributed by atoms with Crippen LogP contribution in [0.25, 0.3) is 10.6 Å². The van der Waals surface area contributed by atoms with Crippen molar-refractivity contribution in [1.82, 2.24) is 20.0 Å². The number of sulfonamides is 1. The highest BCUT2D eigenvalue weighted by atomic mass is 32.2. The molecule has 0 saturated carbocycles. The van der Waals surface area contributed by atoms with E-state index in [0.717, 1.165) is 5.56 Å². The number of aromatic nitrogens is 2. The summed E-state index contributed by atoms with van der Waals surface area (Å²) in [5, 5.41) is 8.30. The first-order valence-electron chi connectivity index (χ1n) is 10.4. The number of amides is 1. The lowest BCUT2D eigenvalue weighted by Crippen LogP contribution is -2.44. The van der Waals surface area contributed by atoms with Gasteiger partial charge in [0.25, 0.3) is 15.9 Å². The van der Waals surface area contributed by atoms with Crippen LogP contribution in [0.5, 0.6) is 5.88 Å². The predicted molar refractivity (Wildman–Crippen MR) is 141 cm³/mol. The van der Waals surface area contributed by atoms with E-state index in [1.54, 1.807) is 5.38 Å². The molecule has 2 aromatic heterocycles. The normalized spacial score (nSPS) is 13.8. The fraction of sp³-hybridized carbons (Fsp3) is 0.227. The molecule has 4 rings (SSSR count). The topological polar surface area (TPSA) is 135 Å². The Kier molecular flexibility index (Phi) is 7.03. The number of thiol groups is 1. The van der Waals surface area contributed by atoms with Crippen molar-refractivity contribution in [2.45, 2.75) is 25.7 Å². The Morgan fingerprint density at radius 2 is 1.94 bits per heavy atom. The van der Waals surface area contributed by atoms with Crippen LogP contribution in [0.1, 0.15) is 31.3 Å². The number of ether oxygens (including phenoxy) is 1. The Bertz CT molecular complexity index is 1430. The van der Waals surface area contributed by atoms with Gasteiger partial charge in [0.2, 0.25) is 5.88 Å². The number of rotatable bonds is 6. The van der Waals surface area contributed by atoms with Crippen molar-refractivity contribution in [3.05, 3.63) is 53.7 Å². The summed E-state index contributed by atoms with van der Waals surface area (Å²) in [4.78, 5) is 21.0. The Hall–Kier alpha value is -3.13. The third-order valence-electron chi connectivity index (χ3n) is 4.74. The first kappa shape index (κ1) is 25.0. The largest absolute Gasteiger partial charge is 0.480 e. The van der Waals surface area contributed by atoms with Gasteiger partial charge in [-0.05, 0) is 17.6 Å². The van der Waals surface area contributed by atoms with Gasteiger partial charge in [-0.1, -0.05) is 51.1 Å². The maximum absolute atomic E-state index is 13.1. The Labute approximate surface area is 211 Å². The molecule has 13 heteroatoms. The standard InChI is InChI=1S/C22H24N6O4S3/c1-22(2,3)20-26-21(34-27-20)28-35(30,31)16-10-14(11-23-18(16)32-4)24-17(29)15-12-33-19(25-15)13-8-6-5-7-9-13/h5-12,28,34H,1-4H3,(H,24,29)(H,26,27). The van der Waals surface area contributed by atoms with E-state index in [1.807, 2.05) is 51.1 Å². The van der Waals surface area contributed by atoms with Gasteiger partial charge in [-0.3, -0.25) is 4.79 Å². The van der Waals surface area contributed by atoms with Crippen molar-refractivity contribution in [1.29, 1.82) is 0 Å². The molecule has 0 bridgehead atoms. The van der Waals surface area contributed by atoms with Gasteiger partial charge >= 0.3 is 0 Å². The highest BCUT2D eigenvalue weighted by molar-refractivity contribution is 7.99. The van der Waals surface area contributed by atoms with E-state index < -0.39 is 15.9 Å². The zero-order valence-electron chi connectivity index (χ0n) is 19.4. The van der Waals surface area contributed by atoms with Crippen molar-refractivity contribution >= 4 is 55.4 Å². The molecule has 1 amide bonds. The molecule has 10 nitrogen and oxygen atoms in total. The molecule has 0 unspecified atom stereocenters. The third kappa shape index (κ3) is 5.75. The highest BCUT2D eigenvalue weighted by Gasteiger charge is 2.28. The molecule has 184 valence electrons. The number of nitrogens with one attached hydrogen (secondary N) is 3. The maximum Gasteiger partial charge on any atom is 0.275 e. The summed E-state index contributed by atoms with van der Waals surface area (Å²) in [6.45, 7) is 5.90. The molecule has 0 radical (unpaired) electrons. The molecule has 0 saturated heterocycles. The first-order chi connectivity index (χ1) is 16.6. The Morgan fingerprint density at radius 1 is 1.20 bits per heavy atom. The minimum absolute atomic E-state index is 0.109. The second-order valence-corrected chi connectivity index (χ2v) is 11.8. The highest BCUT2D eigenvalue weighted by Crippen LogP contribution is 2.27. The molecule has 3 heterocycles. The predicted octanol–water partition coefficient (Wildman–Crippen LogP) is 3.26. The van der Waals surface area contributed by atoms with Crippen LogP contribution < -0.4 is 20.1 Å². The lowest BCUT2D eigenvalue weighted by atomic mass is 9.95.